The first-order valence-corrected chi connectivity index (χ1v) is 7.96. The van der Waals surface area contributed by atoms with Crippen molar-refractivity contribution in [2.45, 2.75) is 26.3 Å². The fourth-order valence-electron chi connectivity index (χ4n) is 2.70. The summed E-state index contributed by atoms with van der Waals surface area (Å²) in [6.45, 7) is 5.54. The van der Waals surface area contributed by atoms with E-state index < -0.39 is 0 Å². The molecule has 2 aromatic rings. The van der Waals surface area contributed by atoms with Crippen LogP contribution in [-0.4, -0.2) is 34.7 Å². The number of hydrogen-bond acceptors (Lipinski definition) is 5. The van der Waals surface area contributed by atoms with Gasteiger partial charge >= 0.3 is 0 Å². The Morgan fingerprint density at radius 2 is 2.23 bits per heavy atom. The van der Waals surface area contributed by atoms with Crippen LogP contribution in [0.4, 0.5) is 0 Å². The van der Waals surface area contributed by atoms with Crippen molar-refractivity contribution in [3.8, 4) is 5.88 Å². The number of ether oxygens (including phenoxy) is 1. The lowest BCUT2D eigenvalue weighted by Crippen LogP contribution is -2.35. The average Bonchev–Trinajstić information content (AvgIpc) is 2.93. The summed E-state index contributed by atoms with van der Waals surface area (Å²) in [7, 11) is 0. The Bertz CT molecular complexity index is 609. The summed E-state index contributed by atoms with van der Waals surface area (Å²) < 4.78 is 11.0. The molecule has 0 aliphatic carbocycles. The summed E-state index contributed by atoms with van der Waals surface area (Å²) in [6, 6.07) is 5.60. The smallest absolute Gasteiger partial charge is 0.232 e. The number of likely N-dealkylation sites (tertiary alicyclic amines) is 1. The van der Waals surface area contributed by atoms with Crippen LogP contribution in [0.3, 0.4) is 0 Å². The minimum absolute atomic E-state index is 0.531. The Morgan fingerprint density at radius 1 is 1.41 bits per heavy atom. The number of pyridine rings is 1. The van der Waals surface area contributed by atoms with Crippen molar-refractivity contribution in [2.75, 3.05) is 19.7 Å². The van der Waals surface area contributed by atoms with E-state index in [1.807, 2.05) is 13.0 Å². The second-order valence-corrected chi connectivity index (χ2v) is 6.16. The number of halogens is 1. The molecule has 0 saturated carbocycles. The van der Waals surface area contributed by atoms with E-state index >= 15 is 0 Å². The van der Waals surface area contributed by atoms with Gasteiger partial charge in [-0.25, -0.2) is 4.98 Å². The fraction of sp³-hybridized carbons (Fsp3) is 0.500. The third kappa shape index (κ3) is 3.99. The van der Waals surface area contributed by atoms with Crippen molar-refractivity contribution in [3.05, 3.63) is 40.9 Å². The molecule has 5 nitrogen and oxygen atoms in total. The second-order valence-electron chi connectivity index (χ2n) is 5.76. The van der Waals surface area contributed by atoms with Gasteiger partial charge in [0.25, 0.3) is 0 Å². The zero-order valence-corrected chi connectivity index (χ0v) is 13.4. The Hall–Kier alpha value is -1.59. The van der Waals surface area contributed by atoms with Crippen molar-refractivity contribution in [1.29, 1.82) is 0 Å². The number of rotatable bonds is 5. The third-order valence-electron chi connectivity index (χ3n) is 3.94. The van der Waals surface area contributed by atoms with Crippen LogP contribution in [0.2, 0.25) is 5.02 Å². The van der Waals surface area contributed by atoms with E-state index in [0.29, 0.717) is 23.4 Å². The molecule has 0 atom stereocenters. The predicted molar refractivity (Wildman–Crippen MR) is 84.0 cm³/mol. The molecule has 1 aliphatic heterocycles. The first kappa shape index (κ1) is 15.3. The van der Waals surface area contributed by atoms with Crippen LogP contribution in [0.25, 0.3) is 0 Å². The standard InChI is InChI=1S/C16H20ClN3O2/c1-12-9-14(22-19-12)10-20-7-4-13(5-8-20)11-21-16-15(17)3-2-6-18-16/h2-3,6,9,13H,4-5,7-8,10-11H2,1H3. The summed E-state index contributed by atoms with van der Waals surface area (Å²) in [5.74, 6) is 2.02. The molecule has 0 spiro atoms. The molecule has 0 aromatic carbocycles. The molecule has 2 aromatic heterocycles. The van der Waals surface area contributed by atoms with E-state index in [2.05, 4.69) is 15.0 Å². The molecule has 0 amide bonds. The van der Waals surface area contributed by atoms with E-state index in [1.165, 1.54) is 0 Å². The lowest BCUT2D eigenvalue weighted by molar-refractivity contribution is 0.126. The van der Waals surface area contributed by atoms with Gasteiger partial charge in [-0.05, 0) is 50.9 Å². The molecule has 0 unspecified atom stereocenters. The van der Waals surface area contributed by atoms with Gasteiger partial charge in [0.15, 0.2) is 5.76 Å². The lowest BCUT2D eigenvalue weighted by atomic mass is 9.98. The fourth-order valence-corrected chi connectivity index (χ4v) is 2.87. The van der Waals surface area contributed by atoms with Crippen LogP contribution in [0.5, 0.6) is 5.88 Å². The Labute approximate surface area is 135 Å². The largest absolute Gasteiger partial charge is 0.476 e. The summed E-state index contributed by atoms with van der Waals surface area (Å²) in [5.41, 5.74) is 0.936. The SMILES string of the molecule is Cc1cc(CN2CCC(COc3ncccc3Cl)CC2)on1. The van der Waals surface area contributed by atoms with Crippen LogP contribution < -0.4 is 4.74 Å². The molecule has 0 bridgehead atoms. The number of aromatic nitrogens is 2. The zero-order chi connectivity index (χ0) is 15.4. The van der Waals surface area contributed by atoms with Crippen molar-refractivity contribution in [1.82, 2.24) is 15.0 Å². The highest BCUT2D eigenvalue weighted by Crippen LogP contribution is 2.24. The van der Waals surface area contributed by atoms with E-state index in [-0.39, 0.29) is 0 Å². The van der Waals surface area contributed by atoms with Gasteiger partial charge in [0, 0.05) is 12.3 Å². The molecule has 0 N–H and O–H groups in total. The van der Waals surface area contributed by atoms with Crippen molar-refractivity contribution < 1.29 is 9.26 Å². The molecule has 0 radical (unpaired) electrons. The van der Waals surface area contributed by atoms with Gasteiger partial charge < -0.3 is 9.26 Å². The maximum atomic E-state index is 6.05. The van der Waals surface area contributed by atoms with Crippen LogP contribution >= 0.6 is 11.6 Å². The lowest BCUT2D eigenvalue weighted by Gasteiger charge is -2.30. The number of piperidine rings is 1. The highest BCUT2D eigenvalue weighted by atomic mass is 35.5. The van der Waals surface area contributed by atoms with Crippen LogP contribution in [-0.2, 0) is 6.54 Å². The molecule has 1 fully saturated rings. The number of hydrogen-bond donors (Lipinski definition) is 0. The van der Waals surface area contributed by atoms with Crippen molar-refractivity contribution in [3.63, 3.8) is 0 Å². The summed E-state index contributed by atoms with van der Waals surface area (Å²) in [4.78, 5) is 6.54. The minimum Gasteiger partial charge on any atom is -0.476 e. The second kappa shape index (κ2) is 7.11. The summed E-state index contributed by atoms with van der Waals surface area (Å²) in [5, 5.41) is 4.50. The van der Waals surface area contributed by atoms with Crippen LogP contribution in [0.15, 0.2) is 28.9 Å². The Kier molecular flexibility index (Phi) is 4.95. The molecule has 22 heavy (non-hydrogen) atoms. The van der Waals surface area contributed by atoms with Crippen molar-refractivity contribution in [2.24, 2.45) is 5.92 Å². The van der Waals surface area contributed by atoms with Gasteiger partial charge in [0.05, 0.1) is 18.8 Å². The van der Waals surface area contributed by atoms with Crippen molar-refractivity contribution >= 4 is 11.6 Å². The summed E-state index contributed by atoms with van der Waals surface area (Å²) in [6.07, 6.45) is 3.92. The van der Waals surface area contributed by atoms with E-state index in [9.17, 15) is 0 Å². The highest BCUT2D eigenvalue weighted by molar-refractivity contribution is 6.31. The minimum atomic E-state index is 0.531. The summed E-state index contributed by atoms with van der Waals surface area (Å²) >= 11 is 6.05. The number of nitrogens with zero attached hydrogens (tertiary/aromatic N) is 3. The first-order chi connectivity index (χ1) is 10.7. The average molecular weight is 322 g/mol. The van der Waals surface area contributed by atoms with Crippen LogP contribution in [0, 0.1) is 12.8 Å². The van der Waals surface area contributed by atoms with Gasteiger partial charge in [-0.2, -0.15) is 0 Å². The maximum absolute atomic E-state index is 6.05. The normalized spacial score (nSPS) is 16.8. The van der Waals surface area contributed by atoms with Gasteiger partial charge in [-0.1, -0.05) is 16.8 Å². The predicted octanol–water partition coefficient (Wildman–Crippen LogP) is 3.32. The Balaban J connectivity index is 1.43. The molecule has 3 heterocycles. The molecule has 1 saturated heterocycles. The monoisotopic (exact) mass is 321 g/mol. The zero-order valence-electron chi connectivity index (χ0n) is 12.7. The highest BCUT2D eigenvalue weighted by Gasteiger charge is 2.21. The first-order valence-electron chi connectivity index (χ1n) is 7.58. The van der Waals surface area contributed by atoms with Gasteiger partial charge in [0.1, 0.15) is 5.02 Å². The quantitative estimate of drug-likeness (QED) is 0.845. The number of aryl methyl sites for hydroxylation is 1. The molecular weight excluding hydrogens is 302 g/mol. The van der Waals surface area contributed by atoms with E-state index in [0.717, 1.165) is 43.9 Å². The molecule has 6 heteroatoms. The molecular formula is C16H20ClN3O2. The molecule has 3 rings (SSSR count). The maximum Gasteiger partial charge on any atom is 0.232 e. The topological polar surface area (TPSA) is 51.4 Å². The van der Waals surface area contributed by atoms with E-state index in [1.54, 1.807) is 18.3 Å². The van der Waals surface area contributed by atoms with E-state index in [4.69, 9.17) is 20.9 Å². The van der Waals surface area contributed by atoms with Crippen LogP contribution in [0.1, 0.15) is 24.3 Å². The third-order valence-corrected chi connectivity index (χ3v) is 4.23. The molecule has 1 aliphatic rings. The van der Waals surface area contributed by atoms with Gasteiger partial charge in [-0.15, -0.1) is 0 Å². The van der Waals surface area contributed by atoms with Gasteiger partial charge in [0.2, 0.25) is 5.88 Å². The Morgan fingerprint density at radius 3 is 2.91 bits per heavy atom. The van der Waals surface area contributed by atoms with Gasteiger partial charge in [-0.3, -0.25) is 4.90 Å². The molecule has 118 valence electrons.